The van der Waals surface area contributed by atoms with E-state index in [1.54, 1.807) is 0 Å². The number of benzene rings is 2. The maximum Gasteiger partial charge on any atom is 0.257 e. The lowest BCUT2D eigenvalue weighted by molar-refractivity contribution is 0.102. The predicted molar refractivity (Wildman–Crippen MR) is 110 cm³/mol. The first-order valence-electron chi connectivity index (χ1n) is 8.79. The highest BCUT2D eigenvalue weighted by molar-refractivity contribution is 7.14. The van der Waals surface area contributed by atoms with Gasteiger partial charge in [0.05, 0.1) is 5.69 Å². The summed E-state index contributed by atoms with van der Waals surface area (Å²) < 4.78 is 0. The van der Waals surface area contributed by atoms with Crippen LogP contribution >= 0.6 is 11.3 Å². The normalized spacial score (nSPS) is 10.6. The van der Waals surface area contributed by atoms with Gasteiger partial charge in [0, 0.05) is 35.3 Å². The van der Waals surface area contributed by atoms with Crippen molar-refractivity contribution >= 4 is 28.1 Å². The first-order chi connectivity index (χ1) is 12.6. The first kappa shape index (κ1) is 18.1. The Labute approximate surface area is 158 Å². The van der Waals surface area contributed by atoms with Crippen molar-refractivity contribution in [2.45, 2.75) is 20.8 Å². The van der Waals surface area contributed by atoms with E-state index in [4.69, 9.17) is 0 Å². The zero-order chi connectivity index (χ0) is 18.5. The molecule has 0 radical (unpaired) electrons. The van der Waals surface area contributed by atoms with Crippen molar-refractivity contribution in [2.75, 3.05) is 23.3 Å². The summed E-state index contributed by atoms with van der Waals surface area (Å²) in [5, 5.41) is 5.46. The van der Waals surface area contributed by atoms with Gasteiger partial charge in [-0.25, -0.2) is 4.98 Å². The van der Waals surface area contributed by atoms with Crippen LogP contribution in [0.15, 0.2) is 53.9 Å². The number of hydrogen-bond acceptors (Lipinski definition) is 4. The lowest BCUT2D eigenvalue weighted by atomic mass is 10.1. The molecule has 0 spiro atoms. The van der Waals surface area contributed by atoms with Gasteiger partial charge in [0.25, 0.3) is 5.91 Å². The number of amides is 1. The molecule has 0 bridgehead atoms. The summed E-state index contributed by atoms with van der Waals surface area (Å²) in [5.74, 6) is -0.138. The molecule has 4 nitrogen and oxygen atoms in total. The van der Waals surface area contributed by atoms with Gasteiger partial charge >= 0.3 is 0 Å². The molecular weight excluding hydrogens is 342 g/mol. The van der Waals surface area contributed by atoms with Crippen LogP contribution in [0.5, 0.6) is 0 Å². The number of thiazole rings is 1. The van der Waals surface area contributed by atoms with Gasteiger partial charge in [0.1, 0.15) is 0 Å². The van der Waals surface area contributed by atoms with E-state index in [0.717, 1.165) is 30.0 Å². The van der Waals surface area contributed by atoms with Crippen molar-refractivity contribution in [3.8, 4) is 11.3 Å². The fourth-order valence-electron chi connectivity index (χ4n) is 2.77. The van der Waals surface area contributed by atoms with Crippen molar-refractivity contribution < 1.29 is 4.79 Å². The molecule has 0 atom stereocenters. The van der Waals surface area contributed by atoms with E-state index >= 15 is 0 Å². The Balaban J connectivity index is 1.69. The molecule has 0 saturated carbocycles. The molecule has 5 heteroatoms. The van der Waals surface area contributed by atoms with Gasteiger partial charge in [0.2, 0.25) is 0 Å². The maximum atomic E-state index is 12.5. The molecule has 1 aromatic heterocycles. The van der Waals surface area contributed by atoms with E-state index < -0.39 is 0 Å². The van der Waals surface area contributed by atoms with Crippen LogP contribution in [0.3, 0.4) is 0 Å². The monoisotopic (exact) mass is 365 g/mol. The number of hydrogen-bond donors (Lipinski definition) is 1. The van der Waals surface area contributed by atoms with Crippen LogP contribution < -0.4 is 10.2 Å². The first-order valence-corrected chi connectivity index (χ1v) is 9.67. The fraction of sp³-hybridized carbons (Fsp3) is 0.238. The Hall–Kier alpha value is -2.66. The second-order valence-corrected chi connectivity index (χ2v) is 6.94. The van der Waals surface area contributed by atoms with Crippen LogP contribution in [-0.2, 0) is 0 Å². The highest BCUT2D eigenvalue weighted by Gasteiger charge is 2.11. The zero-order valence-corrected chi connectivity index (χ0v) is 16.1. The average Bonchev–Trinajstić information content (AvgIpc) is 3.12. The number of nitrogens with zero attached hydrogens (tertiary/aromatic N) is 2. The number of carbonyl (C=O) groups excluding carboxylic acids is 1. The lowest BCUT2D eigenvalue weighted by Crippen LogP contribution is -2.21. The summed E-state index contributed by atoms with van der Waals surface area (Å²) in [6.45, 7) is 8.20. The Morgan fingerprint density at radius 3 is 2.31 bits per heavy atom. The molecule has 26 heavy (non-hydrogen) atoms. The Morgan fingerprint density at radius 2 is 1.69 bits per heavy atom. The standard InChI is InChI=1S/C21H23N3OS/c1-4-24(5-2)18-12-10-17(11-13-18)20(25)23-21-22-19(14-26-21)16-8-6-15(3)7-9-16/h6-14H,4-5H2,1-3H3,(H,22,23,25). The average molecular weight is 366 g/mol. The van der Waals surface area contributed by atoms with E-state index in [1.165, 1.54) is 16.9 Å². The maximum absolute atomic E-state index is 12.5. The molecule has 1 N–H and O–H groups in total. The van der Waals surface area contributed by atoms with Gasteiger partial charge in [-0.15, -0.1) is 11.3 Å². The summed E-state index contributed by atoms with van der Waals surface area (Å²) in [6.07, 6.45) is 0. The summed E-state index contributed by atoms with van der Waals surface area (Å²) in [6, 6.07) is 15.9. The molecule has 3 rings (SSSR count). The molecule has 134 valence electrons. The molecule has 0 fully saturated rings. The van der Waals surface area contributed by atoms with E-state index in [0.29, 0.717) is 10.7 Å². The van der Waals surface area contributed by atoms with Crippen LogP contribution in [0.4, 0.5) is 10.8 Å². The molecule has 0 saturated heterocycles. The second-order valence-electron chi connectivity index (χ2n) is 6.08. The van der Waals surface area contributed by atoms with E-state index in [-0.39, 0.29) is 5.91 Å². The molecule has 0 aliphatic rings. The third kappa shape index (κ3) is 4.11. The molecule has 0 unspecified atom stereocenters. The molecule has 0 aliphatic carbocycles. The van der Waals surface area contributed by atoms with Crippen molar-refractivity contribution in [3.63, 3.8) is 0 Å². The minimum atomic E-state index is -0.138. The van der Waals surface area contributed by atoms with Crippen molar-refractivity contribution in [1.82, 2.24) is 4.98 Å². The SMILES string of the molecule is CCN(CC)c1ccc(C(=O)Nc2nc(-c3ccc(C)cc3)cs2)cc1. The number of nitrogens with one attached hydrogen (secondary N) is 1. The van der Waals surface area contributed by atoms with Crippen LogP contribution in [0.1, 0.15) is 29.8 Å². The number of aryl methyl sites for hydroxylation is 1. The molecule has 0 aliphatic heterocycles. The predicted octanol–water partition coefficient (Wildman–Crippen LogP) is 5.22. The van der Waals surface area contributed by atoms with Gasteiger partial charge in [-0.1, -0.05) is 29.8 Å². The summed E-state index contributed by atoms with van der Waals surface area (Å²) >= 11 is 1.44. The number of carbonyl (C=O) groups is 1. The zero-order valence-electron chi connectivity index (χ0n) is 15.3. The fourth-order valence-corrected chi connectivity index (χ4v) is 3.48. The van der Waals surface area contributed by atoms with Gasteiger partial charge < -0.3 is 4.90 Å². The van der Waals surface area contributed by atoms with Gasteiger partial charge in [-0.3, -0.25) is 10.1 Å². The Bertz CT molecular complexity index is 865. The quantitative estimate of drug-likeness (QED) is 0.651. The summed E-state index contributed by atoms with van der Waals surface area (Å²) in [7, 11) is 0. The molecule has 1 heterocycles. The van der Waals surface area contributed by atoms with E-state index in [2.05, 4.69) is 48.1 Å². The van der Waals surface area contributed by atoms with Gasteiger partial charge in [0.15, 0.2) is 5.13 Å². The molecular formula is C21H23N3OS. The number of rotatable bonds is 6. The highest BCUT2D eigenvalue weighted by Crippen LogP contribution is 2.25. The number of aromatic nitrogens is 1. The lowest BCUT2D eigenvalue weighted by Gasteiger charge is -2.20. The van der Waals surface area contributed by atoms with Crippen LogP contribution in [0, 0.1) is 6.92 Å². The van der Waals surface area contributed by atoms with E-state index in [1.807, 2.05) is 41.8 Å². The Kier molecular flexibility index (Phi) is 5.68. The third-order valence-corrected chi connectivity index (χ3v) is 5.09. The van der Waals surface area contributed by atoms with Gasteiger partial charge in [-0.05, 0) is 45.0 Å². The third-order valence-electron chi connectivity index (χ3n) is 4.33. The second kappa shape index (κ2) is 8.15. The molecule has 2 aromatic carbocycles. The smallest absolute Gasteiger partial charge is 0.257 e. The van der Waals surface area contributed by atoms with Crippen LogP contribution in [-0.4, -0.2) is 24.0 Å². The highest BCUT2D eigenvalue weighted by atomic mass is 32.1. The van der Waals surface area contributed by atoms with Crippen molar-refractivity contribution in [2.24, 2.45) is 0 Å². The van der Waals surface area contributed by atoms with Gasteiger partial charge in [-0.2, -0.15) is 0 Å². The Morgan fingerprint density at radius 1 is 1.04 bits per heavy atom. The van der Waals surface area contributed by atoms with Crippen molar-refractivity contribution in [1.29, 1.82) is 0 Å². The largest absolute Gasteiger partial charge is 0.372 e. The van der Waals surface area contributed by atoms with Crippen LogP contribution in [0.25, 0.3) is 11.3 Å². The van der Waals surface area contributed by atoms with Crippen molar-refractivity contribution in [3.05, 3.63) is 65.0 Å². The van der Waals surface area contributed by atoms with E-state index in [9.17, 15) is 4.79 Å². The minimum absolute atomic E-state index is 0.138. The molecule has 3 aromatic rings. The topological polar surface area (TPSA) is 45.2 Å². The minimum Gasteiger partial charge on any atom is -0.372 e. The summed E-state index contributed by atoms with van der Waals surface area (Å²) in [5.41, 5.74) is 4.90. The number of anilines is 2. The molecule has 1 amide bonds. The van der Waals surface area contributed by atoms with Crippen LogP contribution in [0.2, 0.25) is 0 Å². The summed E-state index contributed by atoms with van der Waals surface area (Å²) in [4.78, 5) is 19.2.